The van der Waals surface area contributed by atoms with Gasteiger partial charge in [0.2, 0.25) is 10.0 Å². The number of carbonyl (C=O) groups excluding carboxylic acids is 2. The van der Waals surface area contributed by atoms with Crippen LogP contribution in [0.3, 0.4) is 0 Å². The van der Waals surface area contributed by atoms with Gasteiger partial charge in [0, 0.05) is 17.5 Å². The number of carbonyl (C=O) groups is 2. The maximum absolute atomic E-state index is 12.5. The summed E-state index contributed by atoms with van der Waals surface area (Å²) in [6.45, 7) is 3.22. The molecule has 2 aromatic rings. The first-order valence-corrected chi connectivity index (χ1v) is 11.1. The highest BCUT2D eigenvalue weighted by molar-refractivity contribution is 7.98. The molecular weight excluding hydrogens is 398 g/mol. The number of nitrogens with zero attached hydrogens (tertiary/aromatic N) is 1. The number of sulfonamides is 1. The van der Waals surface area contributed by atoms with Crippen LogP contribution < -0.4 is 10.9 Å². The van der Waals surface area contributed by atoms with Crippen molar-refractivity contribution in [3.05, 3.63) is 59.2 Å². The molecule has 0 spiro atoms. The van der Waals surface area contributed by atoms with Crippen molar-refractivity contribution in [1.29, 1.82) is 0 Å². The zero-order valence-electron chi connectivity index (χ0n) is 16.1. The van der Waals surface area contributed by atoms with E-state index in [4.69, 9.17) is 0 Å². The lowest BCUT2D eigenvalue weighted by atomic mass is 10.1. The molecule has 28 heavy (non-hydrogen) atoms. The number of rotatable bonds is 6. The lowest BCUT2D eigenvalue weighted by Gasteiger charge is -2.17. The Hall–Kier alpha value is -2.36. The molecule has 2 N–H and O–H groups in total. The van der Waals surface area contributed by atoms with E-state index in [1.807, 2.05) is 25.3 Å². The maximum Gasteiger partial charge on any atom is 0.269 e. The molecule has 0 aliphatic heterocycles. The molecule has 0 unspecified atom stereocenters. The molecule has 0 saturated carbocycles. The summed E-state index contributed by atoms with van der Waals surface area (Å²) in [5.41, 5.74) is 6.72. The van der Waals surface area contributed by atoms with E-state index in [-0.39, 0.29) is 4.90 Å². The third kappa shape index (κ3) is 5.34. The molecule has 0 saturated heterocycles. The Morgan fingerprint density at radius 2 is 1.68 bits per heavy atom. The highest BCUT2D eigenvalue weighted by Crippen LogP contribution is 2.19. The fourth-order valence-corrected chi connectivity index (χ4v) is 3.95. The van der Waals surface area contributed by atoms with Crippen LogP contribution in [0, 0.1) is 13.8 Å². The summed E-state index contributed by atoms with van der Waals surface area (Å²) in [4.78, 5) is 25.4. The molecule has 150 valence electrons. The van der Waals surface area contributed by atoms with Gasteiger partial charge in [0.15, 0.2) is 0 Å². The van der Waals surface area contributed by atoms with E-state index in [2.05, 4.69) is 10.9 Å². The first-order valence-electron chi connectivity index (χ1n) is 8.42. The van der Waals surface area contributed by atoms with Crippen LogP contribution in [0.5, 0.6) is 0 Å². The molecule has 0 atom stereocenters. The number of aryl methyl sites for hydroxylation is 2. The zero-order chi connectivity index (χ0) is 20.9. The minimum absolute atomic E-state index is 0.0990. The predicted octanol–water partition coefficient (Wildman–Crippen LogP) is 2.11. The van der Waals surface area contributed by atoms with Crippen molar-refractivity contribution in [3.8, 4) is 0 Å². The Labute approximate surface area is 169 Å². The average molecular weight is 422 g/mol. The van der Waals surface area contributed by atoms with Gasteiger partial charge in [-0.15, -0.1) is 11.8 Å². The molecule has 0 aromatic heterocycles. The number of likely N-dealkylation sites (N-methyl/N-ethyl adjacent to an activating group) is 1. The molecule has 0 aliphatic carbocycles. The van der Waals surface area contributed by atoms with Crippen LogP contribution in [0.4, 0.5) is 0 Å². The minimum atomic E-state index is -3.80. The number of nitrogens with one attached hydrogen (secondary N) is 2. The second kappa shape index (κ2) is 9.22. The second-order valence-corrected chi connectivity index (χ2v) is 9.18. The summed E-state index contributed by atoms with van der Waals surface area (Å²) in [6.07, 6.45) is 1.90. The number of thioether (sulfide) groups is 1. The summed E-state index contributed by atoms with van der Waals surface area (Å²) in [5.74, 6) is -1.11. The SMILES string of the molecule is CSc1ccc(C)c(C(=O)NNC(=O)CN(C)S(=O)(=O)c2ccc(C)cc2)c1. The van der Waals surface area contributed by atoms with Crippen molar-refractivity contribution < 1.29 is 18.0 Å². The lowest BCUT2D eigenvalue weighted by molar-refractivity contribution is -0.121. The Morgan fingerprint density at radius 1 is 1.04 bits per heavy atom. The summed E-state index contributed by atoms with van der Waals surface area (Å²) in [7, 11) is -2.49. The third-order valence-electron chi connectivity index (χ3n) is 4.10. The van der Waals surface area contributed by atoms with Crippen molar-refractivity contribution in [2.24, 2.45) is 0 Å². The van der Waals surface area contributed by atoms with Gasteiger partial charge in [-0.3, -0.25) is 20.4 Å². The molecule has 0 radical (unpaired) electrons. The molecule has 2 rings (SSSR count). The van der Waals surface area contributed by atoms with Gasteiger partial charge in [-0.2, -0.15) is 4.31 Å². The number of benzene rings is 2. The molecule has 2 amide bonds. The second-order valence-electron chi connectivity index (χ2n) is 6.26. The van der Waals surface area contributed by atoms with Crippen LogP contribution in [0.25, 0.3) is 0 Å². The highest BCUT2D eigenvalue weighted by atomic mass is 32.2. The topological polar surface area (TPSA) is 95.6 Å². The number of amides is 2. The lowest BCUT2D eigenvalue weighted by Crippen LogP contribution is -2.46. The Bertz CT molecular complexity index is 973. The molecule has 0 bridgehead atoms. The van der Waals surface area contributed by atoms with Crippen LogP contribution in [-0.2, 0) is 14.8 Å². The van der Waals surface area contributed by atoms with Crippen molar-refractivity contribution in [1.82, 2.24) is 15.2 Å². The van der Waals surface area contributed by atoms with Gasteiger partial charge in [-0.25, -0.2) is 8.42 Å². The quantitative estimate of drug-likeness (QED) is 0.550. The van der Waals surface area contributed by atoms with Crippen LogP contribution in [0.2, 0.25) is 0 Å². The monoisotopic (exact) mass is 421 g/mol. The van der Waals surface area contributed by atoms with E-state index in [0.717, 1.165) is 20.3 Å². The summed E-state index contributed by atoms with van der Waals surface area (Å²) >= 11 is 1.50. The van der Waals surface area contributed by atoms with Gasteiger partial charge in [0.05, 0.1) is 11.4 Å². The third-order valence-corrected chi connectivity index (χ3v) is 6.64. The van der Waals surface area contributed by atoms with Gasteiger partial charge in [-0.05, 0) is 49.9 Å². The van der Waals surface area contributed by atoms with E-state index in [1.165, 1.54) is 30.9 Å². The summed E-state index contributed by atoms with van der Waals surface area (Å²) in [6, 6.07) is 11.8. The highest BCUT2D eigenvalue weighted by Gasteiger charge is 2.23. The molecule has 7 nitrogen and oxygen atoms in total. The van der Waals surface area contributed by atoms with Gasteiger partial charge in [-0.1, -0.05) is 23.8 Å². The summed E-state index contributed by atoms with van der Waals surface area (Å²) in [5, 5.41) is 0. The van der Waals surface area contributed by atoms with Crippen molar-refractivity contribution in [3.63, 3.8) is 0 Å². The summed E-state index contributed by atoms with van der Waals surface area (Å²) < 4.78 is 25.9. The molecule has 0 aliphatic rings. The van der Waals surface area contributed by atoms with Crippen LogP contribution in [0.15, 0.2) is 52.3 Å². The molecule has 9 heteroatoms. The van der Waals surface area contributed by atoms with Gasteiger partial charge < -0.3 is 0 Å². The van der Waals surface area contributed by atoms with Gasteiger partial charge in [0.1, 0.15) is 0 Å². The van der Waals surface area contributed by atoms with E-state index in [9.17, 15) is 18.0 Å². The predicted molar refractivity (Wildman–Crippen MR) is 110 cm³/mol. The molecular formula is C19H23N3O4S2. The number of hydrogen-bond donors (Lipinski definition) is 2. The van der Waals surface area contributed by atoms with Crippen LogP contribution in [-0.4, -0.2) is 44.4 Å². The molecule has 2 aromatic carbocycles. The van der Waals surface area contributed by atoms with E-state index in [0.29, 0.717) is 5.56 Å². The smallest absolute Gasteiger partial charge is 0.269 e. The van der Waals surface area contributed by atoms with Crippen molar-refractivity contribution in [2.75, 3.05) is 19.8 Å². The Kier molecular flexibility index (Phi) is 7.22. The fourth-order valence-electron chi connectivity index (χ4n) is 2.38. The maximum atomic E-state index is 12.5. The van der Waals surface area contributed by atoms with Crippen LogP contribution in [0.1, 0.15) is 21.5 Å². The van der Waals surface area contributed by atoms with E-state index >= 15 is 0 Å². The van der Waals surface area contributed by atoms with E-state index in [1.54, 1.807) is 25.1 Å². The van der Waals surface area contributed by atoms with Gasteiger partial charge >= 0.3 is 0 Å². The largest absolute Gasteiger partial charge is 0.272 e. The number of hydrogen-bond acceptors (Lipinski definition) is 5. The standard InChI is InChI=1S/C19H23N3O4S2/c1-13-5-9-16(10-6-13)28(25,26)22(3)12-18(23)20-21-19(24)17-11-15(27-4)8-7-14(17)2/h5-11H,12H2,1-4H3,(H,20,23)(H,21,24). The van der Waals surface area contributed by atoms with Gasteiger partial charge in [0.25, 0.3) is 11.8 Å². The Morgan fingerprint density at radius 3 is 2.29 bits per heavy atom. The Balaban J connectivity index is 1.98. The molecule has 0 heterocycles. The number of hydrazine groups is 1. The average Bonchev–Trinajstić information content (AvgIpc) is 2.66. The minimum Gasteiger partial charge on any atom is -0.272 e. The van der Waals surface area contributed by atoms with Crippen molar-refractivity contribution >= 4 is 33.6 Å². The molecule has 0 fully saturated rings. The van der Waals surface area contributed by atoms with Crippen LogP contribution >= 0.6 is 11.8 Å². The fraction of sp³-hybridized carbons (Fsp3) is 0.263. The normalized spacial score (nSPS) is 11.3. The van der Waals surface area contributed by atoms with E-state index < -0.39 is 28.4 Å². The zero-order valence-corrected chi connectivity index (χ0v) is 17.8. The first-order chi connectivity index (χ1) is 13.1. The first kappa shape index (κ1) is 21.9. The van der Waals surface area contributed by atoms with Crippen molar-refractivity contribution in [2.45, 2.75) is 23.6 Å².